The van der Waals surface area contributed by atoms with Crippen molar-refractivity contribution in [1.82, 2.24) is 4.31 Å². The lowest BCUT2D eigenvalue weighted by Gasteiger charge is -2.24. The van der Waals surface area contributed by atoms with Gasteiger partial charge >= 0.3 is 5.97 Å². The molecule has 9 heteroatoms. The minimum atomic E-state index is -4.14. The predicted octanol–water partition coefficient (Wildman–Crippen LogP) is 1.27. The number of nitrogens with one attached hydrogen (secondary N) is 1. The first-order valence-electron chi connectivity index (χ1n) is 6.36. The summed E-state index contributed by atoms with van der Waals surface area (Å²) in [5.74, 6) is -2.65. The normalized spacial score (nSPS) is 11.7. The van der Waals surface area contributed by atoms with Crippen LogP contribution in [0.25, 0.3) is 0 Å². The van der Waals surface area contributed by atoms with E-state index < -0.39 is 40.3 Å². The van der Waals surface area contributed by atoms with Crippen molar-refractivity contribution in [2.75, 3.05) is 11.9 Å². The molecule has 2 N–H and O–H groups in total. The summed E-state index contributed by atoms with van der Waals surface area (Å²) in [6.07, 6.45) is 0. The van der Waals surface area contributed by atoms with Crippen molar-refractivity contribution < 1.29 is 27.5 Å². The van der Waals surface area contributed by atoms with Gasteiger partial charge in [-0.1, -0.05) is 0 Å². The topological polar surface area (TPSA) is 104 Å². The molecular weight excluding hydrogens is 315 g/mol. The molecule has 0 fully saturated rings. The number of hydrogen-bond donors (Lipinski definition) is 2. The fourth-order valence-electron chi connectivity index (χ4n) is 1.76. The smallest absolute Gasteiger partial charge is 0.318 e. The number of benzene rings is 1. The lowest BCUT2D eigenvalue weighted by Crippen LogP contribution is -2.40. The number of carboxylic acid groups (broad SMARTS) is 1. The maximum atomic E-state index is 13.6. The number of rotatable bonds is 6. The Morgan fingerprint density at radius 3 is 2.41 bits per heavy atom. The molecule has 122 valence electrons. The Kier molecular flexibility index (Phi) is 5.61. The van der Waals surface area contributed by atoms with Crippen molar-refractivity contribution >= 4 is 27.6 Å². The van der Waals surface area contributed by atoms with Crippen LogP contribution in [0, 0.1) is 5.82 Å². The number of carbonyl (C=O) groups excluding carboxylic acids is 1. The first-order valence-corrected chi connectivity index (χ1v) is 7.80. The molecule has 0 aliphatic carbocycles. The summed E-state index contributed by atoms with van der Waals surface area (Å²) in [5, 5.41) is 11.0. The van der Waals surface area contributed by atoms with Crippen LogP contribution in [0.1, 0.15) is 20.8 Å². The van der Waals surface area contributed by atoms with E-state index in [2.05, 4.69) is 5.32 Å². The number of sulfonamides is 1. The summed E-state index contributed by atoms with van der Waals surface area (Å²) in [5.41, 5.74) is -0.285. The van der Waals surface area contributed by atoms with E-state index in [0.717, 1.165) is 29.4 Å². The van der Waals surface area contributed by atoms with E-state index >= 15 is 0 Å². The fourth-order valence-corrected chi connectivity index (χ4v) is 3.38. The van der Waals surface area contributed by atoms with Gasteiger partial charge in [-0.05, 0) is 32.0 Å². The Morgan fingerprint density at radius 1 is 1.36 bits per heavy atom. The third-order valence-electron chi connectivity index (χ3n) is 2.72. The molecule has 0 radical (unpaired) electrons. The predicted molar refractivity (Wildman–Crippen MR) is 77.4 cm³/mol. The Morgan fingerprint density at radius 2 is 1.95 bits per heavy atom. The molecule has 1 aromatic carbocycles. The number of carbonyl (C=O) groups is 2. The number of amides is 1. The summed E-state index contributed by atoms with van der Waals surface area (Å²) in [6, 6.07) is 2.28. The number of hydrogen-bond acceptors (Lipinski definition) is 4. The number of anilines is 1. The van der Waals surface area contributed by atoms with Crippen LogP contribution in [0.5, 0.6) is 0 Å². The average Bonchev–Trinajstić information content (AvgIpc) is 2.37. The van der Waals surface area contributed by atoms with Crippen LogP contribution in [0.15, 0.2) is 23.1 Å². The largest absolute Gasteiger partial charge is 0.480 e. The van der Waals surface area contributed by atoms with E-state index in [1.807, 2.05) is 0 Å². The summed E-state index contributed by atoms with van der Waals surface area (Å²) < 4.78 is 39.3. The van der Waals surface area contributed by atoms with Gasteiger partial charge < -0.3 is 10.4 Å². The van der Waals surface area contributed by atoms with E-state index in [4.69, 9.17) is 5.11 Å². The van der Waals surface area contributed by atoms with Gasteiger partial charge in [-0.15, -0.1) is 0 Å². The van der Waals surface area contributed by atoms with Gasteiger partial charge in [-0.25, -0.2) is 12.8 Å². The van der Waals surface area contributed by atoms with Crippen molar-refractivity contribution in [2.24, 2.45) is 0 Å². The second-order valence-electron chi connectivity index (χ2n) is 4.86. The first kappa shape index (κ1) is 18.1. The SMILES string of the molecule is CC(=O)Nc1cc(S(=O)(=O)N(CC(=O)O)C(C)C)ccc1F. The highest BCUT2D eigenvalue weighted by atomic mass is 32.2. The zero-order chi connectivity index (χ0) is 17.1. The lowest BCUT2D eigenvalue weighted by atomic mass is 10.3. The monoisotopic (exact) mass is 332 g/mol. The Balaban J connectivity index is 3.31. The van der Waals surface area contributed by atoms with E-state index in [-0.39, 0.29) is 10.6 Å². The van der Waals surface area contributed by atoms with E-state index in [0.29, 0.717) is 0 Å². The van der Waals surface area contributed by atoms with Gasteiger partial charge in [0.25, 0.3) is 0 Å². The van der Waals surface area contributed by atoms with E-state index in [1.165, 1.54) is 13.8 Å². The minimum Gasteiger partial charge on any atom is -0.480 e. The Labute approximate surface area is 127 Å². The van der Waals surface area contributed by atoms with Crippen LogP contribution < -0.4 is 5.32 Å². The third kappa shape index (κ3) is 4.25. The second-order valence-corrected chi connectivity index (χ2v) is 6.75. The van der Waals surface area contributed by atoms with Gasteiger partial charge in [-0.2, -0.15) is 4.31 Å². The highest BCUT2D eigenvalue weighted by Gasteiger charge is 2.29. The van der Waals surface area contributed by atoms with Crippen LogP contribution in [0.3, 0.4) is 0 Å². The molecule has 0 aliphatic rings. The first-order chi connectivity index (χ1) is 10.1. The summed E-state index contributed by atoms with van der Waals surface area (Å²) in [7, 11) is -4.14. The van der Waals surface area contributed by atoms with Gasteiger partial charge in [0.15, 0.2) is 0 Å². The zero-order valence-corrected chi connectivity index (χ0v) is 13.1. The van der Waals surface area contributed by atoms with Crippen LogP contribution in [0.4, 0.5) is 10.1 Å². The fraction of sp³-hybridized carbons (Fsp3) is 0.385. The van der Waals surface area contributed by atoms with Gasteiger partial charge in [0, 0.05) is 13.0 Å². The molecule has 0 heterocycles. The minimum absolute atomic E-state index is 0.285. The molecule has 0 unspecified atom stereocenters. The maximum absolute atomic E-state index is 13.6. The molecule has 0 saturated heterocycles. The molecule has 7 nitrogen and oxygen atoms in total. The molecular formula is C13H17FN2O5S. The van der Waals surface area contributed by atoms with Gasteiger partial charge in [0.1, 0.15) is 12.4 Å². The highest BCUT2D eigenvalue weighted by Crippen LogP contribution is 2.23. The molecule has 0 saturated carbocycles. The Bertz CT molecular complexity index is 688. The lowest BCUT2D eigenvalue weighted by molar-refractivity contribution is -0.137. The summed E-state index contributed by atoms with van der Waals surface area (Å²) in [6.45, 7) is 3.50. The van der Waals surface area contributed by atoms with Crippen LogP contribution in [-0.2, 0) is 19.6 Å². The van der Waals surface area contributed by atoms with Crippen molar-refractivity contribution in [2.45, 2.75) is 31.7 Å². The van der Waals surface area contributed by atoms with E-state index in [1.54, 1.807) is 0 Å². The van der Waals surface area contributed by atoms with Crippen LogP contribution in [-0.4, -0.2) is 42.3 Å². The summed E-state index contributed by atoms with van der Waals surface area (Å²) >= 11 is 0. The molecule has 1 aromatic rings. The van der Waals surface area contributed by atoms with Gasteiger partial charge in [0.05, 0.1) is 10.6 Å². The molecule has 0 bridgehead atoms. The Hall–Kier alpha value is -2.00. The standard InChI is InChI=1S/C13H17FN2O5S/c1-8(2)16(7-13(18)19)22(20,21)10-4-5-11(14)12(6-10)15-9(3)17/h4-6,8H,7H2,1-3H3,(H,15,17)(H,18,19). The second kappa shape index (κ2) is 6.84. The zero-order valence-electron chi connectivity index (χ0n) is 12.3. The van der Waals surface area contributed by atoms with Crippen LogP contribution in [0.2, 0.25) is 0 Å². The molecule has 0 aliphatic heterocycles. The number of nitrogens with zero attached hydrogens (tertiary/aromatic N) is 1. The van der Waals surface area contributed by atoms with Gasteiger partial charge in [-0.3, -0.25) is 9.59 Å². The maximum Gasteiger partial charge on any atom is 0.318 e. The average molecular weight is 332 g/mol. The number of halogens is 1. The molecule has 0 spiro atoms. The number of carboxylic acids is 1. The molecule has 0 atom stereocenters. The summed E-state index contributed by atoms with van der Waals surface area (Å²) in [4.78, 5) is 21.5. The molecule has 0 aromatic heterocycles. The van der Waals surface area contributed by atoms with Crippen molar-refractivity contribution in [3.8, 4) is 0 Å². The molecule has 1 rings (SSSR count). The quantitative estimate of drug-likeness (QED) is 0.816. The third-order valence-corrected chi connectivity index (χ3v) is 4.74. The van der Waals surface area contributed by atoms with Gasteiger partial charge in [0.2, 0.25) is 15.9 Å². The highest BCUT2D eigenvalue weighted by molar-refractivity contribution is 7.89. The van der Waals surface area contributed by atoms with Crippen molar-refractivity contribution in [3.05, 3.63) is 24.0 Å². The molecule has 1 amide bonds. The van der Waals surface area contributed by atoms with Crippen molar-refractivity contribution in [1.29, 1.82) is 0 Å². The molecule has 22 heavy (non-hydrogen) atoms. The van der Waals surface area contributed by atoms with Crippen molar-refractivity contribution in [3.63, 3.8) is 0 Å². The number of aliphatic carboxylic acids is 1. The van der Waals surface area contributed by atoms with Crippen LogP contribution >= 0.6 is 0 Å². The van der Waals surface area contributed by atoms with E-state index in [9.17, 15) is 22.4 Å².